The molecule has 8 heteroatoms. The normalized spacial score (nSPS) is 10.8. The highest BCUT2D eigenvalue weighted by Crippen LogP contribution is 2.30. The van der Waals surface area contributed by atoms with Crippen molar-refractivity contribution < 1.29 is 9.47 Å². The number of halogens is 1. The lowest BCUT2D eigenvalue weighted by Crippen LogP contribution is -2.37. The van der Waals surface area contributed by atoms with Gasteiger partial charge in [-0.05, 0) is 42.5 Å². The maximum atomic E-state index is 5.86. The Kier molecular flexibility index (Phi) is 10.4. The number of hydrogen-bond donors (Lipinski definition) is 2. The summed E-state index contributed by atoms with van der Waals surface area (Å²) in [6, 6.07) is 15.6. The van der Waals surface area contributed by atoms with E-state index in [2.05, 4.69) is 38.1 Å². The molecule has 3 rings (SSSR count). The number of thiophene rings is 1. The van der Waals surface area contributed by atoms with Crippen LogP contribution in [0.2, 0.25) is 0 Å². The Bertz CT molecular complexity index is 902. The van der Waals surface area contributed by atoms with Gasteiger partial charge >= 0.3 is 0 Å². The predicted molar refractivity (Wildman–Crippen MR) is 134 cm³/mol. The summed E-state index contributed by atoms with van der Waals surface area (Å²) in [5.41, 5.74) is 1.04. The number of rotatable bonds is 9. The molecule has 0 saturated heterocycles. The van der Waals surface area contributed by atoms with Crippen LogP contribution in [0.15, 0.2) is 65.1 Å². The first-order valence-electron chi connectivity index (χ1n) is 9.60. The number of guanidine groups is 1. The minimum absolute atomic E-state index is 0. The second-order valence-electron chi connectivity index (χ2n) is 6.17. The van der Waals surface area contributed by atoms with Gasteiger partial charge < -0.3 is 20.1 Å². The van der Waals surface area contributed by atoms with Gasteiger partial charge in [0, 0.05) is 37.3 Å². The van der Waals surface area contributed by atoms with Crippen molar-refractivity contribution in [3.05, 3.63) is 70.5 Å². The van der Waals surface area contributed by atoms with Gasteiger partial charge in [-0.1, -0.05) is 24.3 Å². The van der Waals surface area contributed by atoms with E-state index < -0.39 is 0 Å². The number of nitrogens with zero attached hydrogens (tertiary/aromatic N) is 2. The zero-order chi connectivity index (χ0) is 20.3. The Labute approximate surface area is 198 Å². The van der Waals surface area contributed by atoms with Crippen LogP contribution in [0.4, 0.5) is 0 Å². The summed E-state index contributed by atoms with van der Waals surface area (Å²) < 4.78 is 11.4. The van der Waals surface area contributed by atoms with Gasteiger partial charge in [0.2, 0.25) is 5.88 Å². The Morgan fingerprint density at radius 3 is 2.57 bits per heavy atom. The van der Waals surface area contributed by atoms with Crippen LogP contribution in [0.3, 0.4) is 0 Å². The van der Waals surface area contributed by atoms with Crippen LogP contribution >= 0.6 is 35.3 Å². The van der Waals surface area contributed by atoms with E-state index in [1.165, 1.54) is 4.88 Å². The van der Waals surface area contributed by atoms with E-state index >= 15 is 0 Å². The molecule has 0 fully saturated rings. The highest BCUT2D eigenvalue weighted by molar-refractivity contribution is 14.0. The molecule has 0 aliphatic heterocycles. The molecular formula is C22H27IN4O2S. The quantitative estimate of drug-likeness (QED) is 0.232. The molecule has 2 heterocycles. The molecule has 1 aromatic carbocycles. The maximum Gasteiger partial charge on any atom is 0.219 e. The number of hydrogen-bond acceptors (Lipinski definition) is 5. The lowest BCUT2D eigenvalue weighted by molar-refractivity contribution is 0.319. The Morgan fingerprint density at radius 1 is 1.07 bits per heavy atom. The van der Waals surface area contributed by atoms with Gasteiger partial charge in [-0.15, -0.1) is 35.3 Å². The van der Waals surface area contributed by atoms with E-state index in [-0.39, 0.29) is 24.0 Å². The molecule has 160 valence electrons. The van der Waals surface area contributed by atoms with E-state index in [0.29, 0.717) is 30.5 Å². The first-order chi connectivity index (χ1) is 14.3. The Hall–Kier alpha value is -2.33. The third kappa shape index (κ3) is 7.49. The molecular weight excluding hydrogens is 511 g/mol. The third-order valence-corrected chi connectivity index (χ3v) is 5.02. The van der Waals surface area contributed by atoms with E-state index in [1.54, 1.807) is 24.6 Å². The lowest BCUT2D eigenvalue weighted by Gasteiger charge is -2.12. The van der Waals surface area contributed by atoms with E-state index in [4.69, 9.17) is 9.47 Å². The van der Waals surface area contributed by atoms with Gasteiger partial charge in [0.15, 0.2) is 17.5 Å². The smallest absolute Gasteiger partial charge is 0.219 e. The van der Waals surface area contributed by atoms with Crippen molar-refractivity contribution >= 4 is 41.3 Å². The molecule has 2 aromatic heterocycles. The van der Waals surface area contributed by atoms with E-state index in [0.717, 1.165) is 24.5 Å². The molecule has 2 N–H and O–H groups in total. The molecule has 0 aliphatic carbocycles. The SMILES string of the molecule is CCOc1ccccc1Oc1ccc(CNC(=NC)NCCc2cccs2)cn1.I. The first kappa shape index (κ1) is 23.9. The number of nitrogens with one attached hydrogen (secondary N) is 2. The van der Waals surface area contributed by atoms with E-state index in [1.807, 2.05) is 43.3 Å². The highest BCUT2D eigenvalue weighted by atomic mass is 127. The molecule has 0 aliphatic rings. The van der Waals surface area contributed by atoms with Crippen LogP contribution in [-0.2, 0) is 13.0 Å². The van der Waals surface area contributed by atoms with Gasteiger partial charge in [0.25, 0.3) is 0 Å². The largest absolute Gasteiger partial charge is 0.490 e. The summed E-state index contributed by atoms with van der Waals surface area (Å²) in [7, 11) is 1.77. The summed E-state index contributed by atoms with van der Waals surface area (Å²) in [5.74, 6) is 2.66. The fraction of sp³-hybridized carbons (Fsp3) is 0.273. The van der Waals surface area contributed by atoms with Gasteiger partial charge in [0.1, 0.15) is 0 Å². The van der Waals surface area contributed by atoms with Gasteiger partial charge in [-0.25, -0.2) is 4.98 Å². The zero-order valence-corrected chi connectivity index (χ0v) is 20.3. The van der Waals surface area contributed by atoms with Crippen molar-refractivity contribution in [1.82, 2.24) is 15.6 Å². The molecule has 0 spiro atoms. The summed E-state index contributed by atoms with van der Waals surface area (Å²) in [5, 5.41) is 8.72. The lowest BCUT2D eigenvalue weighted by atomic mass is 10.3. The van der Waals surface area contributed by atoms with E-state index in [9.17, 15) is 0 Å². The molecule has 0 radical (unpaired) electrons. The molecule has 30 heavy (non-hydrogen) atoms. The third-order valence-electron chi connectivity index (χ3n) is 4.09. The topological polar surface area (TPSA) is 67.8 Å². The van der Waals surface area contributed by atoms with Crippen molar-refractivity contribution in [1.29, 1.82) is 0 Å². The van der Waals surface area contributed by atoms with Crippen molar-refractivity contribution in [2.24, 2.45) is 4.99 Å². The number of aromatic nitrogens is 1. The average Bonchev–Trinajstić information content (AvgIpc) is 3.27. The Morgan fingerprint density at radius 2 is 1.90 bits per heavy atom. The molecule has 3 aromatic rings. The van der Waals surface area contributed by atoms with Gasteiger partial charge in [-0.2, -0.15) is 0 Å². The number of benzene rings is 1. The number of pyridine rings is 1. The standard InChI is InChI=1S/C22H26N4O2S.HI/c1-3-27-19-8-4-5-9-20(19)28-21-11-10-17(15-25-21)16-26-22(23-2)24-13-12-18-7-6-14-29-18;/h4-11,14-15H,3,12-13,16H2,1-2H3,(H2,23,24,26);1H. The molecule has 6 nitrogen and oxygen atoms in total. The molecule has 0 unspecified atom stereocenters. The van der Waals surface area contributed by atoms with Crippen molar-refractivity contribution in [2.75, 3.05) is 20.2 Å². The minimum Gasteiger partial charge on any atom is -0.490 e. The molecule has 0 atom stereocenters. The Balaban J connectivity index is 0.00000320. The number of ether oxygens (including phenoxy) is 2. The predicted octanol–water partition coefficient (Wildman–Crippen LogP) is 4.86. The van der Waals surface area contributed by atoms with Crippen LogP contribution in [-0.4, -0.2) is 31.1 Å². The number of aliphatic imine (C=N–C) groups is 1. The maximum absolute atomic E-state index is 5.86. The van der Waals surface area contributed by atoms with Gasteiger partial charge in [0.05, 0.1) is 6.61 Å². The van der Waals surface area contributed by atoms with Crippen LogP contribution in [0.25, 0.3) is 0 Å². The second-order valence-corrected chi connectivity index (χ2v) is 7.20. The van der Waals surface area contributed by atoms with Crippen LogP contribution in [0, 0.1) is 0 Å². The molecule has 0 amide bonds. The summed E-state index contributed by atoms with van der Waals surface area (Å²) in [6.07, 6.45) is 2.78. The molecule has 0 bridgehead atoms. The number of para-hydroxylation sites is 2. The fourth-order valence-electron chi connectivity index (χ4n) is 2.66. The summed E-state index contributed by atoms with van der Waals surface area (Å²) in [6.45, 7) is 3.99. The van der Waals surface area contributed by atoms with Crippen LogP contribution in [0.1, 0.15) is 17.4 Å². The monoisotopic (exact) mass is 538 g/mol. The first-order valence-corrected chi connectivity index (χ1v) is 10.5. The zero-order valence-electron chi connectivity index (χ0n) is 17.1. The summed E-state index contributed by atoms with van der Waals surface area (Å²) >= 11 is 1.77. The van der Waals surface area contributed by atoms with Crippen molar-refractivity contribution in [2.45, 2.75) is 19.9 Å². The van der Waals surface area contributed by atoms with Crippen LogP contribution < -0.4 is 20.1 Å². The average molecular weight is 538 g/mol. The van der Waals surface area contributed by atoms with Crippen LogP contribution in [0.5, 0.6) is 17.4 Å². The minimum atomic E-state index is 0. The second kappa shape index (κ2) is 13.1. The molecule has 0 saturated carbocycles. The summed E-state index contributed by atoms with van der Waals surface area (Å²) in [4.78, 5) is 10.0. The highest BCUT2D eigenvalue weighted by Gasteiger charge is 2.06. The van der Waals surface area contributed by atoms with Crippen molar-refractivity contribution in [3.8, 4) is 17.4 Å². The van der Waals surface area contributed by atoms with Gasteiger partial charge in [-0.3, -0.25) is 4.99 Å². The fourth-order valence-corrected chi connectivity index (χ4v) is 3.37. The van der Waals surface area contributed by atoms with Crippen molar-refractivity contribution in [3.63, 3.8) is 0 Å².